The number of nitrogens with two attached hydrogens (primary N) is 1. The van der Waals surface area contributed by atoms with Crippen LogP contribution in [0.3, 0.4) is 0 Å². The number of hydrogen-bond acceptors (Lipinski definition) is 7. The molecule has 0 saturated carbocycles. The zero-order valence-corrected chi connectivity index (χ0v) is 15.6. The normalized spacial score (nSPS) is 11.9. The molecule has 0 aliphatic rings. The second-order valence-electron chi connectivity index (χ2n) is 6.41. The molecule has 30 heavy (non-hydrogen) atoms. The minimum absolute atomic E-state index is 0.0186. The molecule has 3 N–H and O–H groups in total. The monoisotopic (exact) mass is 404 g/mol. The van der Waals surface area contributed by atoms with Gasteiger partial charge in [-0.2, -0.15) is 0 Å². The minimum Gasteiger partial charge on any atom is -0.462 e. The van der Waals surface area contributed by atoms with Crippen molar-refractivity contribution in [3.8, 4) is 5.82 Å². The van der Waals surface area contributed by atoms with E-state index in [0.717, 1.165) is 0 Å². The quantitative estimate of drug-likeness (QED) is 0.433. The fourth-order valence-corrected chi connectivity index (χ4v) is 3.04. The van der Waals surface area contributed by atoms with Crippen LogP contribution in [-0.2, 0) is 16.0 Å². The molecule has 0 aliphatic heterocycles. The highest BCUT2D eigenvalue weighted by Gasteiger charge is 2.28. The van der Waals surface area contributed by atoms with Gasteiger partial charge in [0, 0.05) is 24.4 Å². The Morgan fingerprint density at radius 3 is 2.73 bits per heavy atom. The highest BCUT2D eigenvalue weighted by atomic mass is 16.3. The topological polar surface area (TPSA) is 146 Å². The van der Waals surface area contributed by atoms with Gasteiger partial charge in [0.05, 0.1) is 12.5 Å². The van der Waals surface area contributed by atoms with E-state index in [0.29, 0.717) is 22.5 Å². The standard InChI is InChI=1S/C20H16N6O4/c21-19(28)18(27)13(8-12-10-30-15-4-3-7-24-17(12)15)25-20(29)14-9-22-11-26(14)16-5-1-2-6-23-16/h1-7,9-11,13H,8H2,(H2,21,28)(H,25,29). The number of aromatic nitrogens is 4. The number of ketones is 1. The smallest absolute Gasteiger partial charge is 0.287 e. The maximum atomic E-state index is 12.9. The summed E-state index contributed by atoms with van der Waals surface area (Å²) < 4.78 is 6.89. The van der Waals surface area contributed by atoms with Crippen LogP contribution < -0.4 is 11.1 Å². The van der Waals surface area contributed by atoms with E-state index in [1.54, 1.807) is 42.7 Å². The fourth-order valence-electron chi connectivity index (χ4n) is 3.04. The zero-order valence-electron chi connectivity index (χ0n) is 15.6. The van der Waals surface area contributed by atoms with E-state index in [1.807, 2.05) is 0 Å². The predicted molar refractivity (Wildman–Crippen MR) is 105 cm³/mol. The summed E-state index contributed by atoms with van der Waals surface area (Å²) in [6, 6.07) is 7.44. The lowest BCUT2D eigenvalue weighted by molar-refractivity contribution is -0.137. The van der Waals surface area contributed by atoms with Gasteiger partial charge < -0.3 is 15.5 Å². The highest BCUT2D eigenvalue weighted by Crippen LogP contribution is 2.20. The summed E-state index contributed by atoms with van der Waals surface area (Å²) in [4.78, 5) is 49.2. The Hall–Kier alpha value is -4.34. The maximum absolute atomic E-state index is 12.9. The van der Waals surface area contributed by atoms with Crippen molar-refractivity contribution >= 4 is 28.7 Å². The first-order valence-electron chi connectivity index (χ1n) is 8.94. The SMILES string of the molecule is NC(=O)C(=O)C(Cc1coc2cccnc12)NC(=O)c1cncn1-c1ccccn1. The number of nitrogens with one attached hydrogen (secondary N) is 1. The minimum atomic E-state index is -1.20. The van der Waals surface area contributed by atoms with E-state index in [4.69, 9.17) is 10.2 Å². The number of rotatable bonds is 7. The van der Waals surface area contributed by atoms with Crippen LogP contribution in [0.5, 0.6) is 0 Å². The van der Waals surface area contributed by atoms with Crippen LogP contribution in [-0.4, -0.2) is 43.2 Å². The molecule has 0 aromatic carbocycles. The molecule has 4 heterocycles. The van der Waals surface area contributed by atoms with Crippen molar-refractivity contribution in [2.75, 3.05) is 0 Å². The van der Waals surface area contributed by atoms with E-state index in [1.165, 1.54) is 23.4 Å². The first-order chi connectivity index (χ1) is 14.5. The lowest BCUT2D eigenvalue weighted by atomic mass is 10.0. The van der Waals surface area contributed by atoms with Crippen LogP contribution in [0.2, 0.25) is 0 Å². The number of imidazole rings is 1. The number of Topliss-reactive ketones (excluding diaryl/α,β-unsaturated/α-hetero) is 1. The number of furan rings is 1. The largest absolute Gasteiger partial charge is 0.462 e. The second-order valence-corrected chi connectivity index (χ2v) is 6.41. The van der Waals surface area contributed by atoms with Crippen molar-refractivity contribution < 1.29 is 18.8 Å². The van der Waals surface area contributed by atoms with E-state index < -0.39 is 23.6 Å². The number of carbonyl (C=O) groups is 3. The molecule has 0 fully saturated rings. The van der Waals surface area contributed by atoms with Gasteiger partial charge in [-0.25, -0.2) is 9.97 Å². The third-order valence-electron chi connectivity index (χ3n) is 4.46. The van der Waals surface area contributed by atoms with E-state index in [2.05, 4.69) is 20.3 Å². The summed E-state index contributed by atoms with van der Waals surface area (Å²) in [5.41, 5.74) is 6.95. The van der Waals surface area contributed by atoms with Gasteiger partial charge in [0.15, 0.2) is 5.58 Å². The van der Waals surface area contributed by atoms with Crippen molar-refractivity contribution in [2.45, 2.75) is 12.5 Å². The van der Waals surface area contributed by atoms with Gasteiger partial charge in [-0.15, -0.1) is 0 Å². The molecule has 0 spiro atoms. The molecular weight excluding hydrogens is 388 g/mol. The molecule has 1 unspecified atom stereocenters. The maximum Gasteiger partial charge on any atom is 0.287 e. The Labute approximate surface area is 169 Å². The Bertz CT molecular complexity index is 1230. The average molecular weight is 404 g/mol. The summed E-state index contributed by atoms with van der Waals surface area (Å²) in [5, 5.41) is 2.57. The molecule has 0 aliphatic carbocycles. The Morgan fingerprint density at radius 1 is 1.13 bits per heavy atom. The van der Waals surface area contributed by atoms with Gasteiger partial charge in [0.2, 0.25) is 5.78 Å². The number of carbonyl (C=O) groups excluding carboxylic acids is 3. The van der Waals surface area contributed by atoms with Crippen molar-refractivity contribution in [3.63, 3.8) is 0 Å². The average Bonchev–Trinajstić information content (AvgIpc) is 3.41. The van der Waals surface area contributed by atoms with Crippen LogP contribution in [0.25, 0.3) is 16.9 Å². The Kier molecular flexibility index (Phi) is 5.04. The number of primary amides is 1. The Morgan fingerprint density at radius 2 is 1.97 bits per heavy atom. The molecule has 1 atom stereocenters. The fraction of sp³-hybridized carbons (Fsp3) is 0.100. The molecule has 0 radical (unpaired) electrons. The second kappa shape index (κ2) is 7.95. The van der Waals surface area contributed by atoms with Gasteiger partial charge in [0.25, 0.3) is 11.8 Å². The summed E-state index contributed by atoms with van der Waals surface area (Å²) >= 11 is 0. The number of amides is 2. The molecule has 10 nitrogen and oxygen atoms in total. The van der Waals surface area contributed by atoms with E-state index in [9.17, 15) is 14.4 Å². The van der Waals surface area contributed by atoms with E-state index >= 15 is 0 Å². The lowest BCUT2D eigenvalue weighted by Crippen LogP contribution is -2.47. The van der Waals surface area contributed by atoms with Gasteiger partial charge >= 0.3 is 0 Å². The first-order valence-corrected chi connectivity index (χ1v) is 8.94. The highest BCUT2D eigenvalue weighted by molar-refractivity contribution is 6.38. The summed E-state index contributed by atoms with van der Waals surface area (Å²) in [7, 11) is 0. The molecule has 2 amide bonds. The molecule has 150 valence electrons. The van der Waals surface area contributed by atoms with Gasteiger partial charge in [0.1, 0.15) is 29.4 Å². The Balaban J connectivity index is 1.62. The number of hydrogen-bond donors (Lipinski definition) is 2. The number of pyridine rings is 2. The van der Waals surface area contributed by atoms with Crippen molar-refractivity contribution in [2.24, 2.45) is 5.73 Å². The van der Waals surface area contributed by atoms with Crippen LogP contribution >= 0.6 is 0 Å². The molecular formula is C20H16N6O4. The van der Waals surface area contributed by atoms with Crippen LogP contribution in [0.15, 0.2) is 65.9 Å². The molecule has 4 aromatic rings. The van der Waals surface area contributed by atoms with Crippen molar-refractivity contribution in [1.82, 2.24) is 24.8 Å². The number of fused-ring (bicyclic) bond motifs is 1. The molecule has 0 saturated heterocycles. The van der Waals surface area contributed by atoms with Crippen molar-refractivity contribution in [1.29, 1.82) is 0 Å². The first kappa shape index (κ1) is 19.0. The van der Waals surface area contributed by atoms with Gasteiger partial charge in [-0.1, -0.05) is 6.07 Å². The molecule has 10 heteroatoms. The molecule has 0 bridgehead atoms. The predicted octanol–water partition coefficient (Wildman–Crippen LogP) is 0.804. The van der Waals surface area contributed by atoms with Crippen LogP contribution in [0, 0.1) is 0 Å². The number of nitrogens with zero attached hydrogens (tertiary/aromatic N) is 4. The third kappa shape index (κ3) is 3.65. The lowest BCUT2D eigenvalue weighted by Gasteiger charge is -2.16. The third-order valence-corrected chi connectivity index (χ3v) is 4.46. The van der Waals surface area contributed by atoms with Crippen LogP contribution in [0.1, 0.15) is 16.1 Å². The van der Waals surface area contributed by atoms with Crippen molar-refractivity contribution in [3.05, 3.63) is 72.8 Å². The zero-order chi connectivity index (χ0) is 21.1. The molecule has 4 aromatic heterocycles. The summed E-state index contributed by atoms with van der Waals surface area (Å²) in [5.74, 6) is -2.22. The van der Waals surface area contributed by atoms with E-state index in [-0.39, 0.29) is 12.1 Å². The van der Waals surface area contributed by atoms with Crippen LogP contribution in [0.4, 0.5) is 0 Å². The van der Waals surface area contributed by atoms with Gasteiger partial charge in [-0.05, 0) is 24.3 Å². The summed E-state index contributed by atoms with van der Waals surface area (Å²) in [6.45, 7) is 0. The summed E-state index contributed by atoms with van der Waals surface area (Å²) in [6.07, 6.45) is 7.34. The van der Waals surface area contributed by atoms with Gasteiger partial charge in [-0.3, -0.25) is 23.9 Å². The molecule has 4 rings (SSSR count).